The molecule has 0 fully saturated rings. The molecule has 0 spiro atoms. The van der Waals surface area contributed by atoms with Crippen molar-refractivity contribution in [3.63, 3.8) is 0 Å². The van der Waals surface area contributed by atoms with Crippen LogP contribution in [-0.2, 0) is 13.6 Å². The van der Waals surface area contributed by atoms with Gasteiger partial charge in [0.25, 0.3) is 5.56 Å². The second-order valence-corrected chi connectivity index (χ2v) is 3.77. The summed E-state index contributed by atoms with van der Waals surface area (Å²) >= 11 is 3.10. The molecule has 0 atom stereocenters. The molecule has 4 nitrogen and oxygen atoms in total. The molecule has 0 N–H and O–H groups in total. The van der Waals surface area contributed by atoms with Gasteiger partial charge in [0.2, 0.25) is 0 Å². The van der Waals surface area contributed by atoms with Crippen molar-refractivity contribution in [2.45, 2.75) is 6.54 Å². The summed E-state index contributed by atoms with van der Waals surface area (Å²) in [6.45, 7) is 3.77. The third-order valence-electron chi connectivity index (χ3n) is 1.57. The summed E-state index contributed by atoms with van der Waals surface area (Å²) in [5.41, 5.74) is -0.656. The van der Waals surface area contributed by atoms with Crippen LogP contribution in [0.1, 0.15) is 0 Å². The lowest BCUT2D eigenvalue weighted by Crippen LogP contribution is -2.37. The molecule has 1 rings (SSSR count). The summed E-state index contributed by atoms with van der Waals surface area (Å²) in [4.78, 5) is 22.6. The van der Waals surface area contributed by atoms with Gasteiger partial charge in [-0.2, -0.15) is 0 Å². The summed E-state index contributed by atoms with van der Waals surface area (Å²) in [7, 11) is 1.59. The van der Waals surface area contributed by atoms with Gasteiger partial charge in [-0.3, -0.25) is 9.36 Å². The first-order chi connectivity index (χ1) is 6.02. The van der Waals surface area contributed by atoms with Crippen LogP contribution < -0.4 is 11.2 Å². The van der Waals surface area contributed by atoms with Crippen molar-refractivity contribution in [1.29, 1.82) is 0 Å². The molecule has 0 aliphatic heterocycles. The molecule has 0 bridgehead atoms. The van der Waals surface area contributed by atoms with Gasteiger partial charge in [0.1, 0.15) is 0 Å². The number of halogens is 1. The number of hydrogen-bond acceptors (Lipinski definition) is 2. The van der Waals surface area contributed by atoms with E-state index in [0.717, 1.165) is 4.57 Å². The second kappa shape index (κ2) is 3.74. The van der Waals surface area contributed by atoms with E-state index in [9.17, 15) is 9.59 Å². The molecule has 5 heteroatoms. The van der Waals surface area contributed by atoms with Gasteiger partial charge in [-0.1, -0.05) is 22.5 Å². The fraction of sp³-hybridized carbons (Fsp3) is 0.250. The van der Waals surface area contributed by atoms with E-state index in [1.807, 2.05) is 0 Å². The molecule has 70 valence electrons. The van der Waals surface area contributed by atoms with E-state index in [1.165, 1.54) is 16.8 Å². The Labute approximate surface area is 83.3 Å². The van der Waals surface area contributed by atoms with Gasteiger partial charge in [0.15, 0.2) is 0 Å². The molecule has 0 amide bonds. The Balaban J connectivity index is 3.35. The average Bonchev–Trinajstić information content (AvgIpc) is 2.05. The van der Waals surface area contributed by atoms with Crippen LogP contribution in [0.5, 0.6) is 0 Å². The smallest absolute Gasteiger partial charge is 0.303 e. The molecule has 13 heavy (non-hydrogen) atoms. The van der Waals surface area contributed by atoms with E-state index in [0.29, 0.717) is 4.48 Å². The van der Waals surface area contributed by atoms with Gasteiger partial charge in [-0.25, -0.2) is 4.79 Å². The lowest BCUT2D eigenvalue weighted by Gasteiger charge is -2.04. The fourth-order valence-corrected chi connectivity index (χ4v) is 1.18. The normalized spacial score (nSPS) is 10.0. The standard InChI is InChI=1S/C8H9BrN2O2/c1-6(9)5-11-7(12)3-4-10(2)8(11)13/h3-4H,1,5H2,2H3. The molecule has 0 aliphatic carbocycles. The summed E-state index contributed by atoms with van der Waals surface area (Å²) in [5.74, 6) is 0. The summed E-state index contributed by atoms with van der Waals surface area (Å²) in [5, 5.41) is 0. The van der Waals surface area contributed by atoms with Crippen LogP contribution in [0.3, 0.4) is 0 Å². The molecule has 0 aromatic carbocycles. The Bertz CT molecular complexity index is 444. The Morgan fingerprint density at radius 3 is 2.77 bits per heavy atom. The van der Waals surface area contributed by atoms with E-state index in [1.54, 1.807) is 7.05 Å². The highest BCUT2D eigenvalue weighted by Crippen LogP contribution is 2.00. The van der Waals surface area contributed by atoms with E-state index in [4.69, 9.17) is 0 Å². The van der Waals surface area contributed by atoms with Crippen molar-refractivity contribution in [2.24, 2.45) is 7.05 Å². The van der Waals surface area contributed by atoms with Crippen LogP contribution in [0.15, 0.2) is 32.9 Å². The van der Waals surface area contributed by atoms with Crippen LogP contribution in [0, 0.1) is 0 Å². The molecule has 1 aromatic rings. The molecule has 1 aromatic heterocycles. The number of nitrogens with zero attached hydrogens (tertiary/aromatic N) is 2. The number of aromatic nitrogens is 2. The van der Waals surface area contributed by atoms with E-state index < -0.39 is 0 Å². The van der Waals surface area contributed by atoms with Crippen molar-refractivity contribution in [3.05, 3.63) is 44.2 Å². The lowest BCUT2D eigenvalue weighted by atomic mass is 10.5. The van der Waals surface area contributed by atoms with Crippen molar-refractivity contribution >= 4 is 15.9 Å². The van der Waals surface area contributed by atoms with Crippen molar-refractivity contribution in [1.82, 2.24) is 9.13 Å². The predicted molar refractivity (Wildman–Crippen MR) is 54.0 cm³/mol. The lowest BCUT2D eigenvalue weighted by molar-refractivity contribution is 0.646. The van der Waals surface area contributed by atoms with Gasteiger partial charge >= 0.3 is 5.69 Å². The van der Waals surface area contributed by atoms with Crippen LogP contribution in [-0.4, -0.2) is 9.13 Å². The van der Waals surface area contributed by atoms with E-state index in [2.05, 4.69) is 22.5 Å². The summed E-state index contributed by atoms with van der Waals surface area (Å²) < 4.78 is 3.05. The van der Waals surface area contributed by atoms with Gasteiger partial charge in [0.05, 0.1) is 6.54 Å². The highest BCUT2D eigenvalue weighted by Gasteiger charge is 2.02. The Hall–Kier alpha value is -1.10. The highest BCUT2D eigenvalue weighted by atomic mass is 79.9. The number of allylic oxidation sites excluding steroid dienone is 1. The van der Waals surface area contributed by atoms with Crippen molar-refractivity contribution < 1.29 is 0 Å². The van der Waals surface area contributed by atoms with Crippen molar-refractivity contribution in [2.75, 3.05) is 0 Å². The first kappa shape index (κ1) is 9.98. The largest absolute Gasteiger partial charge is 0.331 e. The first-order valence-corrected chi connectivity index (χ1v) is 4.41. The van der Waals surface area contributed by atoms with Crippen LogP contribution >= 0.6 is 15.9 Å². The minimum absolute atomic E-state index is 0.201. The van der Waals surface area contributed by atoms with Crippen molar-refractivity contribution in [3.8, 4) is 0 Å². The van der Waals surface area contributed by atoms with E-state index in [-0.39, 0.29) is 17.8 Å². The molecule has 0 radical (unpaired) electrons. The molecule has 0 unspecified atom stereocenters. The molecule has 0 aliphatic rings. The highest BCUT2D eigenvalue weighted by molar-refractivity contribution is 9.11. The first-order valence-electron chi connectivity index (χ1n) is 3.62. The molecular formula is C8H9BrN2O2. The maximum Gasteiger partial charge on any atom is 0.331 e. The zero-order valence-electron chi connectivity index (χ0n) is 7.16. The van der Waals surface area contributed by atoms with Gasteiger partial charge in [-0.15, -0.1) is 0 Å². The Morgan fingerprint density at radius 2 is 2.23 bits per heavy atom. The van der Waals surface area contributed by atoms with Gasteiger partial charge in [-0.05, 0) is 0 Å². The SMILES string of the molecule is C=C(Br)Cn1c(=O)ccn(C)c1=O. The van der Waals surface area contributed by atoms with Crippen LogP contribution in [0.25, 0.3) is 0 Å². The minimum atomic E-state index is -0.340. The Morgan fingerprint density at radius 1 is 1.62 bits per heavy atom. The topological polar surface area (TPSA) is 44.0 Å². The predicted octanol–water partition coefficient (Wildman–Crippen LogP) is 0.456. The molecular weight excluding hydrogens is 236 g/mol. The number of aryl methyl sites for hydroxylation is 1. The maximum atomic E-state index is 11.4. The average molecular weight is 245 g/mol. The minimum Gasteiger partial charge on any atom is -0.303 e. The van der Waals surface area contributed by atoms with E-state index >= 15 is 0 Å². The summed E-state index contributed by atoms with van der Waals surface area (Å²) in [6.07, 6.45) is 1.44. The van der Waals surface area contributed by atoms with Crippen LogP contribution in [0.4, 0.5) is 0 Å². The monoisotopic (exact) mass is 244 g/mol. The third kappa shape index (κ3) is 2.18. The quantitative estimate of drug-likeness (QED) is 0.759. The zero-order valence-corrected chi connectivity index (χ0v) is 8.74. The fourth-order valence-electron chi connectivity index (χ4n) is 0.931. The van der Waals surface area contributed by atoms with Crippen LogP contribution in [0.2, 0.25) is 0 Å². The molecule has 1 heterocycles. The van der Waals surface area contributed by atoms with Gasteiger partial charge in [0, 0.05) is 23.8 Å². The number of hydrogen-bond donors (Lipinski definition) is 0. The maximum absolute atomic E-state index is 11.4. The number of rotatable bonds is 2. The summed E-state index contributed by atoms with van der Waals surface area (Å²) in [6, 6.07) is 1.34. The Kier molecular flexibility index (Phi) is 2.87. The van der Waals surface area contributed by atoms with Gasteiger partial charge < -0.3 is 4.57 Å². The third-order valence-corrected chi connectivity index (χ3v) is 1.82. The zero-order chi connectivity index (χ0) is 10.0. The second-order valence-electron chi connectivity index (χ2n) is 2.65. The molecule has 0 saturated heterocycles. The molecule has 0 saturated carbocycles.